The van der Waals surface area contributed by atoms with Gasteiger partial charge in [-0.25, -0.2) is 4.39 Å². The number of nitrogens with one attached hydrogen (secondary N) is 1. The van der Waals surface area contributed by atoms with E-state index in [1.54, 1.807) is 12.1 Å². The molecule has 1 aliphatic heterocycles. The van der Waals surface area contributed by atoms with Crippen LogP contribution in [-0.4, -0.2) is 29.6 Å². The van der Waals surface area contributed by atoms with E-state index >= 15 is 0 Å². The highest BCUT2D eigenvalue weighted by atomic mass is 35.5. The number of carbonyl (C=O) groups is 1. The van der Waals surface area contributed by atoms with Crippen LogP contribution < -0.4 is 5.32 Å². The van der Waals surface area contributed by atoms with E-state index in [2.05, 4.69) is 34.5 Å². The Morgan fingerprint density at radius 2 is 1.79 bits per heavy atom. The van der Waals surface area contributed by atoms with Crippen molar-refractivity contribution in [3.05, 3.63) is 70.0 Å². The number of hydrogen-bond donors (Lipinski definition) is 1. The summed E-state index contributed by atoms with van der Waals surface area (Å²) in [6, 6.07) is 13.1. The summed E-state index contributed by atoms with van der Waals surface area (Å²) in [6.07, 6.45) is 3.94. The highest BCUT2D eigenvalue weighted by molar-refractivity contribution is 7.99. The van der Waals surface area contributed by atoms with Crippen LogP contribution in [0.2, 0.25) is 5.02 Å². The van der Waals surface area contributed by atoms with Crippen molar-refractivity contribution in [1.82, 2.24) is 10.2 Å². The zero-order valence-corrected chi connectivity index (χ0v) is 17.5. The standard InChI is InChI=1S/C22H26ClFN2OS/c23-20-5-4-6-21(24)19(20)15-28-16-22(27)25-13-17-7-9-18(10-8-17)14-26-11-2-1-3-12-26/h4-10H,1-3,11-16H2,(H,25,27). The summed E-state index contributed by atoms with van der Waals surface area (Å²) in [5.74, 6) is 0.266. The van der Waals surface area contributed by atoms with E-state index in [1.807, 2.05) is 0 Å². The smallest absolute Gasteiger partial charge is 0.230 e. The van der Waals surface area contributed by atoms with Gasteiger partial charge in [0, 0.05) is 29.4 Å². The lowest BCUT2D eigenvalue weighted by Crippen LogP contribution is -2.29. The third-order valence-electron chi connectivity index (χ3n) is 4.91. The van der Waals surface area contributed by atoms with Gasteiger partial charge in [-0.15, -0.1) is 11.8 Å². The zero-order valence-electron chi connectivity index (χ0n) is 15.9. The van der Waals surface area contributed by atoms with Gasteiger partial charge in [0.1, 0.15) is 5.82 Å². The number of halogens is 2. The molecule has 3 rings (SSSR count). The first-order valence-electron chi connectivity index (χ1n) is 9.69. The molecule has 1 aliphatic rings. The van der Waals surface area contributed by atoms with E-state index in [0.717, 1.165) is 12.1 Å². The summed E-state index contributed by atoms with van der Waals surface area (Å²) in [7, 11) is 0. The van der Waals surface area contributed by atoms with Crippen LogP contribution in [0.25, 0.3) is 0 Å². The Kier molecular flexibility index (Phi) is 8.19. The molecule has 0 unspecified atom stereocenters. The Balaban J connectivity index is 1.38. The summed E-state index contributed by atoms with van der Waals surface area (Å²) in [5.41, 5.74) is 2.85. The summed E-state index contributed by atoms with van der Waals surface area (Å²) >= 11 is 7.36. The number of benzene rings is 2. The minimum atomic E-state index is -0.329. The molecule has 0 atom stereocenters. The van der Waals surface area contributed by atoms with Crippen molar-refractivity contribution in [3.63, 3.8) is 0 Å². The van der Waals surface area contributed by atoms with Gasteiger partial charge < -0.3 is 5.32 Å². The molecular formula is C22H26ClFN2OS. The maximum absolute atomic E-state index is 13.7. The van der Waals surface area contributed by atoms with Gasteiger partial charge in [-0.2, -0.15) is 0 Å². The summed E-state index contributed by atoms with van der Waals surface area (Å²) in [6.45, 7) is 3.88. The SMILES string of the molecule is O=C(CSCc1c(F)cccc1Cl)NCc1ccc(CN2CCCCC2)cc1. The summed E-state index contributed by atoms with van der Waals surface area (Å²) in [4.78, 5) is 14.5. The second-order valence-corrected chi connectivity index (χ2v) is 8.52. The molecule has 28 heavy (non-hydrogen) atoms. The van der Waals surface area contributed by atoms with E-state index < -0.39 is 0 Å². The highest BCUT2D eigenvalue weighted by Crippen LogP contribution is 2.23. The molecule has 3 nitrogen and oxygen atoms in total. The third kappa shape index (κ3) is 6.50. The molecule has 0 radical (unpaired) electrons. The van der Waals surface area contributed by atoms with E-state index in [1.165, 1.54) is 55.7 Å². The van der Waals surface area contributed by atoms with Crippen molar-refractivity contribution >= 4 is 29.3 Å². The first-order valence-corrected chi connectivity index (χ1v) is 11.2. The van der Waals surface area contributed by atoms with E-state index in [4.69, 9.17) is 11.6 Å². The highest BCUT2D eigenvalue weighted by Gasteiger charge is 2.11. The minimum absolute atomic E-state index is 0.0603. The minimum Gasteiger partial charge on any atom is -0.351 e. The van der Waals surface area contributed by atoms with Crippen LogP contribution in [-0.2, 0) is 23.6 Å². The van der Waals surface area contributed by atoms with Gasteiger partial charge in [0.2, 0.25) is 5.91 Å². The Morgan fingerprint density at radius 1 is 1.07 bits per heavy atom. The van der Waals surface area contributed by atoms with Crippen LogP contribution in [0, 0.1) is 5.82 Å². The average Bonchev–Trinajstić information content (AvgIpc) is 2.70. The topological polar surface area (TPSA) is 32.3 Å². The third-order valence-corrected chi connectivity index (χ3v) is 6.22. The fourth-order valence-corrected chi connectivity index (χ4v) is 4.50. The van der Waals surface area contributed by atoms with Crippen LogP contribution in [0.5, 0.6) is 0 Å². The Hall–Kier alpha value is -1.56. The molecule has 1 N–H and O–H groups in total. The van der Waals surface area contributed by atoms with Crippen LogP contribution in [0.3, 0.4) is 0 Å². The second kappa shape index (κ2) is 10.8. The number of piperidine rings is 1. The predicted octanol–water partition coefficient (Wildman–Crippen LogP) is 5.01. The lowest BCUT2D eigenvalue weighted by Gasteiger charge is -2.26. The number of nitrogens with zero attached hydrogens (tertiary/aromatic N) is 1. The molecule has 0 saturated carbocycles. The summed E-state index contributed by atoms with van der Waals surface area (Å²) in [5, 5.41) is 3.32. The van der Waals surface area contributed by atoms with Crippen LogP contribution in [0.15, 0.2) is 42.5 Å². The van der Waals surface area contributed by atoms with Gasteiger partial charge in [0.05, 0.1) is 5.75 Å². The van der Waals surface area contributed by atoms with Crippen LogP contribution in [0.1, 0.15) is 36.0 Å². The molecule has 0 bridgehead atoms. The molecule has 2 aromatic rings. The molecule has 0 aromatic heterocycles. The van der Waals surface area contributed by atoms with Gasteiger partial charge in [-0.05, 0) is 49.2 Å². The predicted molar refractivity (Wildman–Crippen MR) is 115 cm³/mol. The fraction of sp³-hybridized carbons (Fsp3) is 0.409. The Labute approximate surface area is 175 Å². The van der Waals surface area contributed by atoms with Gasteiger partial charge in [0.25, 0.3) is 0 Å². The number of likely N-dealkylation sites (tertiary alicyclic amines) is 1. The number of amides is 1. The number of carbonyl (C=O) groups excluding carboxylic acids is 1. The number of rotatable bonds is 8. The molecule has 6 heteroatoms. The maximum atomic E-state index is 13.7. The second-order valence-electron chi connectivity index (χ2n) is 7.12. The van der Waals surface area contributed by atoms with E-state index in [0.29, 0.717) is 22.9 Å². The molecular weight excluding hydrogens is 395 g/mol. The molecule has 1 amide bonds. The molecule has 0 aliphatic carbocycles. The van der Waals surface area contributed by atoms with Gasteiger partial charge in [-0.1, -0.05) is 48.4 Å². The van der Waals surface area contributed by atoms with Crippen LogP contribution in [0.4, 0.5) is 4.39 Å². The van der Waals surface area contributed by atoms with Crippen molar-refractivity contribution in [3.8, 4) is 0 Å². The number of hydrogen-bond acceptors (Lipinski definition) is 3. The van der Waals surface area contributed by atoms with Crippen molar-refractivity contribution in [2.45, 2.75) is 38.1 Å². The molecule has 2 aromatic carbocycles. The lowest BCUT2D eigenvalue weighted by atomic mass is 10.1. The monoisotopic (exact) mass is 420 g/mol. The van der Waals surface area contributed by atoms with E-state index in [9.17, 15) is 9.18 Å². The quantitative estimate of drug-likeness (QED) is 0.651. The van der Waals surface area contributed by atoms with Crippen molar-refractivity contribution in [2.75, 3.05) is 18.8 Å². The Morgan fingerprint density at radius 3 is 2.50 bits per heavy atom. The molecule has 1 heterocycles. The van der Waals surface area contributed by atoms with Crippen molar-refractivity contribution < 1.29 is 9.18 Å². The van der Waals surface area contributed by atoms with E-state index in [-0.39, 0.29) is 17.5 Å². The maximum Gasteiger partial charge on any atom is 0.230 e. The molecule has 1 fully saturated rings. The molecule has 0 spiro atoms. The van der Waals surface area contributed by atoms with Gasteiger partial charge in [0.15, 0.2) is 0 Å². The van der Waals surface area contributed by atoms with Crippen LogP contribution >= 0.6 is 23.4 Å². The first kappa shape index (κ1) is 21.2. The lowest BCUT2D eigenvalue weighted by molar-refractivity contribution is -0.118. The zero-order chi connectivity index (χ0) is 19.8. The van der Waals surface area contributed by atoms with Gasteiger partial charge >= 0.3 is 0 Å². The largest absolute Gasteiger partial charge is 0.351 e. The Bertz CT molecular complexity index is 758. The fourth-order valence-electron chi connectivity index (χ4n) is 3.31. The average molecular weight is 421 g/mol. The van der Waals surface area contributed by atoms with Crippen molar-refractivity contribution in [2.24, 2.45) is 0 Å². The van der Waals surface area contributed by atoms with Crippen molar-refractivity contribution in [1.29, 1.82) is 0 Å². The molecule has 150 valence electrons. The number of thioether (sulfide) groups is 1. The normalized spacial score (nSPS) is 14.8. The summed E-state index contributed by atoms with van der Waals surface area (Å²) < 4.78 is 13.7. The van der Waals surface area contributed by atoms with Gasteiger partial charge in [-0.3, -0.25) is 9.69 Å². The first-order chi connectivity index (χ1) is 13.6. The molecule has 1 saturated heterocycles.